The van der Waals surface area contributed by atoms with Gasteiger partial charge in [0.15, 0.2) is 17.3 Å². The molecule has 0 aliphatic heterocycles. The van der Waals surface area contributed by atoms with Crippen LogP contribution in [0.25, 0.3) is 16.9 Å². The first-order chi connectivity index (χ1) is 14.6. The van der Waals surface area contributed by atoms with Gasteiger partial charge in [0.25, 0.3) is 0 Å². The fourth-order valence-corrected chi connectivity index (χ4v) is 3.78. The molecule has 10 heteroatoms. The monoisotopic (exact) mass is 454 g/mol. The molecule has 0 spiro atoms. The van der Waals surface area contributed by atoms with E-state index in [2.05, 4.69) is 10.1 Å². The van der Waals surface area contributed by atoms with Crippen molar-refractivity contribution >= 4 is 22.8 Å². The average Bonchev–Trinajstić information content (AvgIpc) is 3.21. The van der Waals surface area contributed by atoms with Gasteiger partial charge in [-0.2, -0.15) is 18.3 Å². The van der Waals surface area contributed by atoms with Crippen LogP contribution >= 0.6 is 11.6 Å². The number of alkyl halides is 3. The number of benzene rings is 2. The highest BCUT2D eigenvalue weighted by molar-refractivity contribution is 6.32. The van der Waals surface area contributed by atoms with Crippen LogP contribution in [0.1, 0.15) is 29.6 Å². The zero-order chi connectivity index (χ0) is 22.5. The summed E-state index contributed by atoms with van der Waals surface area (Å²) >= 11 is 6.15. The van der Waals surface area contributed by atoms with Crippen molar-refractivity contribution in [3.63, 3.8) is 0 Å². The minimum atomic E-state index is -4.51. The third kappa shape index (κ3) is 3.78. The largest absolute Gasteiger partial charge is 0.416 e. The Morgan fingerprint density at radius 1 is 1.03 bits per heavy atom. The van der Waals surface area contributed by atoms with Gasteiger partial charge in [0.1, 0.15) is 11.3 Å². The number of rotatable bonds is 4. The SMILES string of the molecule is CCc1nc2c(c(C)nn2-c2ccc(C(F)(F)F)cc2Cl)n1Cc1ccc(F)c(F)c1. The first kappa shape index (κ1) is 21.3. The van der Waals surface area contributed by atoms with Crippen molar-refractivity contribution in [3.05, 3.63) is 75.7 Å². The first-order valence-corrected chi connectivity index (χ1v) is 9.73. The van der Waals surface area contributed by atoms with Gasteiger partial charge < -0.3 is 4.57 Å². The summed E-state index contributed by atoms with van der Waals surface area (Å²) in [5.41, 5.74) is 1.55. The summed E-state index contributed by atoms with van der Waals surface area (Å²) < 4.78 is 69.1. The maximum atomic E-state index is 13.7. The van der Waals surface area contributed by atoms with E-state index in [9.17, 15) is 22.0 Å². The Hall–Kier alpha value is -2.94. The van der Waals surface area contributed by atoms with E-state index in [4.69, 9.17) is 11.6 Å². The molecule has 0 radical (unpaired) electrons. The lowest BCUT2D eigenvalue weighted by Gasteiger charge is -2.10. The fraction of sp³-hybridized carbons (Fsp3) is 0.238. The van der Waals surface area contributed by atoms with Crippen LogP contribution in [0.4, 0.5) is 22.0 Å². The summed E-state index contributed by atoms with van der Waals surface area (Å²) in [5, 5.41) is 4.30. The zero-order valence-electron chi connectivity index (χ0n) is 16.4. The summed E-state index contributed by atoms with van der Waals surface area (Å²) in [5.74, 6) is -1.22. The topological polar surface area (TPSA) is 35.6 Å². The third-order valence-corrected chi connectivity index (χ3v) is 5.27. The first-order valence-electron chi connectivity index (χ1n) is 9.36. The highest BCUT2D eigenvalue weighted by atomic mass is 35.5. The number of nitrogens with zero attached hydrogens (tertiary/aromatic N) is 4. The molecule has 0 N–H and O–H groups in total. The lowest BCUT2D eigenvalue weighted by Crippen LogP contribution is -2.07. The summed E-state index contributed by atoms with van der Waals surface area (Å²) in [6.07, 6.45) is -3.97. The second-order valence-corrected chi connectivity index (χ2v) is 7.46. The number of halogens is 6. The standard InChI is InChI=1S/C21H16ClF5N4/c1-3-18-28-20-19(30(18)10-12-4-6-15(23)16(24)8-12)11(2)29-31(20)17-7-5-13(9-14(17)22)21(25,26)27/h4-9H,3,10H2,1-2H3. The van der Waals surface area contributed by atoms with Crippen LogP contribution in [0, 0.1) is 18.6 Å². The summed E-state index contributed by atoms with van der Waals surface area (Å²) in [6.45, 7) is 3.85. The van der Waals surface area contributed by atoms with Gasteiger partial charge in [0, 0.05) is 13.0 Å². The Bertz CT molecular complexity index is 1290. The number of fused-ring (bicyclic) bond motifs is 1. The molecule has 2 heterocycles. The Morgan fingerprint density at radius 3 is 2.39 bits per heavy atom. The number of hydrogen-bond acceptors (Lipinski definition) is 2. The van der Waals surface area contributed by atoms with Crippen molar-refractivity contribution in [2.75, 3.05) is 0 Å². The molecule has 0 unspecified atom stereocenters. The molecule has 0 fully saturated rings. The summed E-state index contributed by atoms with van der Waals surface area (Å²) in [4.78, 5) is 4.59. The number of hydrogen-bond donors (Lipinski definition) is 0. The van der Waals surface area contributed by atoms with Crippen molar-refractivity contribution in [1.29, 1.82) is 0 Å². The third-order valence-electron chi connectivity index (χ3n) is 4.97. The molecule has 0 aliphatic rings. The second-order valence-electron chi connectivity index (χ2n) is 7.05. The lowest BCUT2D eigenvalue weighted by molar-refractivity contribution is -0.137. The second kappa shape index (κ2) is 7.64. The minimum absolute atomic E-state index is 0.118. The molecule has 31 heavy (non-hydrogen) atoms. The molecule has 2 aromatic carbocycles. The van der Waals surface area contributed by atoms with Gasteiger partial charge in [-0.3, -0.25) is 0 Å². The molecular weight excluding hydrogens is 439 g/mol. The summed E-state index contributed by atoms with van der Waals surface area (Å²) in [6, 6.07) is 6.69. The molecule has 0 atom stereocenters. The van der Waals surface area contributed by atoms with E-state index in [1.165, 1.54) is 16.8 Å². The zero-order valence-corrected chi connectivity index (χ0v) is 17.2. The van der Waals surface area contributed by atoms with E-state index in [1.54, 1.807) is 6.92 Å². The van der Waals surface area contributed by atoms with Crippen LogP contribution in [-0.4, -0.2) is 19.3 Å². The molecule has 4 rings (SSSR count). The number of imidazole rings is 1. The Kier molecular flexibility index (Phi) is 5.25. The van der Waals surface area contributed by atoms with Crippen LogP contribution in [0.2, 0.25) is 5.02 Å². The normalized spacial score (nSPS) is 12.1. The smallest absolute Gasteiger partial charge is 0.321 e. The van der Waals surface area contributed by atoms with Gasteiger partial charge in [-0.1, -0.05) is 24.6 Å². The van der Waals surface area contributed by atoms with E-state index in [-0.39, 0.29) is 17.3 Å². The molecule has 0 bridgehead atoms. The Balaban J connectivity index is 1.84. The van der Waals surface area contributed by atoms with Gasteiger partial charge in [-0.05, 0) is 42.8 Å². The van der Waals surface area contributed by atoms with Crippen LogP contribution in [0.15, 0.2) is 36.4 Å². The molecular formula is C21H16ClF5N4. The van der Waals surface area contributed by atoms with Gasteiger partial charge in [-0.15, -0.1) is 0 Å². The lowest BCUT2D eigenvalue weighted by atomic mass is 10.2. The van der Waals surface area contributed by atoms with E-state index in [0.29, 0.717) is 34.7 Å². The quantitative estimate of drug-likeness (QED) is 0.350. The molecule has 0 aliphatic carbocycles. The van der Waals surface area contributed by atoms with Gasteiger partial charge in [0.05, 0.1) is 22.0 Å². The molecule has 2 aromatic heterocycles. The van der Waals surface area contributed by atoms with Crippen molar-refractivity contribution < 1.29 is 22.0 Å². The fourth-order valence-electron chi connectivity index (χ4n) is 3.52. The predicted molar refractivity (Wildman–Crippen MR) is 106 cm³/mol. The molecule has 162 valence electrons. The van der Waals surface area contributed by atoms with Crippen molar-refractivity contribution in [3.8, 4) is 5.69 Å². The van der Waals surface area contributed by atoms with E-state index < -0.39 is 23.4 Å². The average molecular weight is 455 g/mol. The Morgan fingerprint density at radius 2 is 1.77 bits per heavy atom. The van der Waals surface area contributed by atoms with Crippen LogP contribution < -0.4 is 0 Å². The maximum absolute atomic E-state index is 13.7. The van der Waals surface area contributed by atoms with Crippen molar-refractivity contribution in [1.82, 2.24) is 19.3 Å². The number of aryl methyl sites for hydroxylation is 2. The molecule has 0 saturated carbocycles. The van der Waals surface area contributed by atoms with E-state index in [1.807, 2.05) is 11.5 Å². The molecule has 4 aromatic rings. The van der Waals surface area contributed by atoms with E-state index >= 15 is 0 Å². The maximum Gasteiger partial charge on any atom is 0.416 e. The molecule has 0 amide bonds. The van der Waals surface area contributed by atoms with Crippen LogP contribution in [-0.2, 0) is 19.1 Å². The van der Waals surface area contributed by atoms with Crippen molar-refractivity contribution in [2.24, 2.45) is 0 Å². The van der Waals surface area contributed by atoms with Crippen molar-refractivity contribution in [2.45, 2.75) is 33.0 Å². The summed E-state index contributed by atoms with van der Waals surface area (Å²) in [7, 11) is 0. The highest BCUT2D eigenvalue weighted by Gasteiger charge is 2.31. The van der Waals surface area contributed by atoms with E-state index in [0.717, 1.165) is 24.3 Å². The highest BCUT2D eigenvalue weighted by Crippen LogP contribution is 2.34. The molecule has 4 nitrogen and oxygen atoms in total. The van der Waals surface area contributed by atoms with Crippen LogP contribution in [0.5, 0.6) is 0 Å². The predicted octanol–water partition coefficient (Wildman–Crippen LogP) is 6.09. The van der Waals surface area contributed by atoms with Crippen LogP contribution in [0.3, 0.4) is 0 Å². The minimum Gasteiger partial charge on any atom is -0.321 e. The number of aromatic nitrogens is 4. The Labute approximate surface area is 178 Å². The van der Waals surface area contributed by atoms with Gasteiger partial charge in [0.2, 0.25) is 0 Å². The van der Waals surface area contributed by atoms with Gasteiger partial charge >= 0.3 is 6.18 Å². The van der Waals surface area contributed by atoms with Gasteiger partial charge in [-0.25, -0.2) is 18.4 Å². The molecule has 0 saturated heterocycles.